The van der Waals surface area contributed by atoms with Crippen LogP contribution in [0.3, 0.4) is 0 Å². The van der Waals surface area contributed by atoms with Crippen molar-refractivity contribution in [2.24, 2.45) is 0 Å². The molecule has 0 unspecified atom stereocenters. The number of halogens is 1. The average Bonchev–Trinajstić information content (AvgIpc) is 2.20. The molecule has 2 N–H and O–H groups in total. The van der Waals surface area contributed by atoms with Crippen LogP contribution in [-0.4, -0.2) is 4.98 Å². The average molecular weight is 216 g/mol. The van der Waals surface area contributed by atoms with Gasteiger partial charge in [-0.1, -0.05) is 6.07 Å². The Bertz CT molecular complexity index is 489. The molecule has 0 saturated carbocycles. The SMILES string of the molecule is Cc1cc(F)cc(Cc2cnccc2N)c1. The zero-order chi connectivity index (χ0) is 11.5. The number of hydrogen-bond acceptors (Lipinski definition) is 2. The second-order valence-electron chi connectivity index (χ2n) is 3.89. The number of aryl methyl sites for hydroxylation is 1. The van der Waals surface area contributed by atoms with E-state index in [2.05, 4.69) is 4.98 Å². The van der Waals surface area contributed by atoms with Crippen molar-refractivity contribution in [3.63, 3.8) is 0 Å². The third-order valence-corrected chi connectivity index (χ3v) is 2.44. The number of rotatable bonds is 2. The van der Waals surface area contributed by atoms with Gasteiger partial charge in [0, 0.05) is 24.5 Å². The Balaban J connectivity index is 2.30. The van der Waals surface area contributed by atoms with E-state index in [0.29, 0.717) is 12.1 Å². The molecule has 0 atom stereocenters. The fraction of sp³-hybridized carbons (Fsp3) is 0.154. The van der Waals surface area contributed by atoms with Gasteiger partial charge in [-0.3, -0.25) is 4.98 Å². The fourth-order valence-corrected chi connectivity index (χ4v) is 1.72. The maximum absolute atomic E-state index is 13.2. The minimum absolute atomic E-state index is 0.211. The van der Waals surface area contributed by atoms with Crippen LogP contribution in [0.4, 0.5) is 10.1 Å². The molecule has 2 rings (SSSR count). The van der Waals surface area contributed by atoms with E-state index in [-0.39, 0.29) is 5.82 Å². The standard InChI is InChI=1S/C13H13FN2/c1-9-4-10(7-12(14)5-9)6-11-8-16-3-2-13(11)15/h2-5,7-8H,6H2,1H3,(H2,15,16). The summed E-state index contributed by atoms with van der Waals surface area (Å²) in [4.78, 5) is 4.01. The van der Waals surface area contributed by atoms with Crippen LogP contribution in [0, 0.1) is 12.7 Å². The monoisotopic (exact) mass is 216 g/mol. The second-order valence-corrected chi connectivity index (χ2v) is 3.89. The van der Waals surface area contributed by atoms with Gasteiger partial charge in [-0.15, -0.1) is 0 Å². The smallest absolute Gasteiger partial charge is 0.123 e. The zero-order valence-corrected chi connectivity index (χ0v) is 9.07. The Morgan fingerprint density at radius 3 is 2.81 bits per heavy atom. The molecule has 0 saturated heterocycles. The first kappa shape index (κ1) is 10.6. The number of hydrogen-bond donors (Lipinski definition) is 1. The lowest BCUT2D eigenvalue weighted by Crippen LogP contribution is -1.97. The Kier molecular flexibility index (Phi) is 2.86. The van der Waals surface area contributed by atoms with Crippen molar-refractivity contribution >= 4 is 5.69 Å². The second kappa shape index (κ2) is 4.31. The van der Waals surface area contributed by atoms with Crippen LogP contribution >= 0.6 is 0 Å². The molecule has 16 heavy (non-hydrogen) atoms. The van der Waals surface area contributed by atoms with Crippen LogP contribution < -0.4 is 5.73 Å². The molecule has 0 amide bonds. The van der Waals surface area contributed by atoms with E-state index in [9.17, 15) is 4.39 Å². The number of anilines is 1. The predicted molar refractivity (Wildman–Crippen MR) is 62.6 cm³/mol. The van der Waals surface area contributed by atoms with Crippen molar-refractivity contribution in [3.8, 4) is 0 Å². The highest BCUT2D eigenvalue weighted by Gasteiger charge is 2.03. The molecule has 1 aromatic heterocycles. The van der Waals surface area contributed by atoms with Gasteiger partial charge in [0.2, 0.25) is 0 Å². The molecule has 0 radical (unpaired) electrons. The summed E-state index contributed by atoms with van der Waals surface area (Å²) < 4.78 is 13.2. The van der Waals surface area contributed by atoms with E-state index >= 15 is 0 Å². The number of benzene rings is 1. The Morgan fingerprint density at radius 2 is 2.12 bits per heavy atom. The first-order valence-electron chi connectivity index (χ1n) is 5.09. The highest BCUT2D eigenvalue weighted by molar-refractivity contribution is 5.46. The number of nitrogens with zero attached hydrogens (tertiary/aromatic N) is 1. The summed E-state index contributed by atoms with van der Waals surface area (Å²) >= 11 is 0. The molecule has 1 heterocycles. The molecule has 0 aliphatic heterocycles. The minimum Gasteiger partial charge on any atom is -0.398 e. The van der Waals surface area contributed by atoms with E-state index in [4.69, 9.17) is 5.73 Å². The van der Waals surface area contributed by atoms with Gasteiger partial charge in [-0.25, -0.2) is 4.39 Å². The fourth-order valence-electron chi connectivity index (χ4n) is 1.72. The highest BCUT2D eigenvalue weighted by Crippen LogP contribution is 2.16. The Morgan fingerprint density at radius 1 is 1.31 bits per heavy atom. The molecule has 0 spiro atoms. The molecule has 0 bridgehead atoms. The number of nitrogen functional groups attached to an aromatic ring is 1. The molecule has 0 fully saturated rings. The molecule has 0 aliphatic rings. The molecule has 82 valence electrons. The third kappa shape index (κ3) is 2.37. The van der Waals surface area contributed by atoms with Gasteiger partial charge in [-0.05, 0) is 41.8 Å². The molecule has 2 nitrogen and oxygen atoms in total. The van der Waals surface area contributed by atoms with Gasteiger partial charge in [-0.2, -0.15) is 0 Å². The molecule has 1 aromatic carbocycles. The Hall–Kier alpha value is -1.90. The summed E-state index contributed by atoms with van der Waals surface area (Å²) in [7, 11) is 0. The first-order valence-corrected chi connectivity index (χ1v) is 5.09. The van der Waals surface area contributed by atoms with Crippen molar-refractivity contribution in [1.82, 2.24) is 4.98 Å². The van der Waals surface area contributed by atoms with Gasteiger partial charge in [0.25, 0.3) is 0 Å². The van der Waals surface area contributed by atoms with Crippen molar-refractivity contribution in [1.29, 1.82) is 0 Å². The van der Waals surface area contributed by atoms with Crippen LogP contribution in [0.15, 0.2) is 36.7 Å². The van der Waals surface area contributed by atoms with E-state index in [0.717, 1.165) is 16.7 Å². The van der Waals surface area contributed by atoms with E-state index in [1.54, 1.807) is 18.5 Å². The lowest BCUT2D eigenvalue weighted by Gasteiger charge is -2.06. The molecule has 2 aromatic rings. The zero-order valence-electron chi connectivity index (χ0n) is 9.07. The summed E-state index contributed by atoms with van der Waals surface area (Å²) in [5.74, 6) is -0.211. The summed E-state index contributed by atoms with van der Waals surface area (Å²) in [6, 6.07) is 6.74. The molecular formula is C13H13FN2. The van der Waals surface area contributed by atoms with Crippen molar-refractivity contribution in [2.45, 2.75) is 13.3 Å². The van der Waals surface area contributed by atoms with Gasteiger partial charge < -0.3 is 5.73 Å². The number of aromatic nitrogens is 1. The normalized spacial score (nSPS) is 10.4. The topological polar surface area (TPSA) is 38.9 Å². The van der Waals surface area contributed by atoms with Crippen LogP contribution in [0.5, 0.6) is 0 Å². The maximum atomic E-state index is 13.2. The minimum atomic E-state index is -0.211. The van der Waals surface area contributed by atoms with Gasteiger partial charge in [0.05, 0.1) is 0 Å². The summed E-state index contributed by atoms with van der Waals surface area (Å²) in [5.41, 5.74) is 9.25. The third-order valence-electron chi connectivity index (χ3n) is 2.44. The van der Waals surface area contributed by atoms with E-state index in [1.807, 2.05) is 13.0 Å². The summed E-state index contributed by atoms with van der Waals surface area (Å²) in [6.07, 6.45) is 3.98. The van der Waals surface area contributed by atoms with Gasteiger partial charge in [0.1, 0.15) is 5.82 Å². The highest BCUT2D eigenvalue weighted by atomic mass is 19.1. The first-order chi connectivity index (χ1) is 7.65. The largest absolute Gasteiger partial charge is 0.398 e. The van der Waals surface area contributed by atoms with E-state index < -0.39 is 0 Å². The Labute approximate surface area is 93.9 Å². The number of nitrogens with two attached hydrogens (primary N) is 1. The number of pyridine rings is 1. The van der Waals surface area contributed by atoms with Crippen LogP contribution in [0.25, 0.3) is 0 Å². The van der Waals surface area contributed by atoms with Crippen molar-refractivity contribution in [2.75, 3.05) is 5.73 Å². The van der Waals surface area contributed by atoms with Crippen LogP contribution in [0.2, 0.25) is 0 Å². The van der Waals surface area contributed by atoms with Crippen LogP contribution in [-0.2, 0) is 6.42 Å². The van der Waals surface area contributed by atoms with Crippen LogP contribution in [0.1, 0.15) is 16.7 Å². The molecule has 0 aliphatic carbocycles. The maximum Gasteiger partial charge on any atom is 0.123 e. The molecule has 3 heteroatoms. The molecular weight excluding hydrogens is 203 g/mol. The predicted octanol–water partition coefficient (Wildman–Crippen LogP) is 2.70. The van der Waals surface area contributed by atoms with Gasteiger partial charge in [0.15, 0.2) is 0 Å². The lowest BCUT2D eigenvalue weighted by molar-refractivity contribution is 0.624. The van der Waals surface area contributed by atoms with Gasteiger partial charge >= 0.3 is 0 Å². The summed E-state index contributed by atoms with van der Waals surface area (Å²) in [5, 5.41) is 0. The quantitative estimate of drug-likeness (QED) is 0.838. The summed E-state index contributed by atoms with van der Waals surface area (Å²) in [6.45, 7) is 1.87. The van der Waals surface area contributed by atoms with Crippen molar-refractivity contribution in [3.05, 3.63) is 59.2 Å². The lowest BCUT2D eigenvalue weighted by atomic mass is 10.0. The van der Waals surface area contributed by atoms with Crippen molar-refractivity contribution < 1.29 is 4.39 Å². The van der Waals surface area contributed by atoms with E-state index in [1.165, 1.54) is 12.1 Å².